The van der Waals surface area contributed by atoms with Crippen LogP contribution >= 0.6 is 0 Å². The van der Waals surface area contributed by atoms with E-state index >= 15 is 0 Å². The maximum atomic E-state index is 13.0. The third-order valence-electron chi connectivity index (χ3n) is 5.59. The van der Waals surface area contributed by atoms with Crippen molar-refractivity contribution in [2.75, 3.05) is 0 Å². The van der Waals surface area contributed by atoms with E-state index in [4.69, 9.17) is 9.47 Å². The van der Waals surface area contributed by atoms with Gasteiger partial charge in [-0.3, -0.25) is 9.59 Å². The molecule has 1 aromatic rings. The van der Waals surface area contributed by atoms with Crippen molar-refractivity contribution in [3.8, 4) is 17.2 Å². The molecule has 0 saturated heterocycles. The average Bonchev–Trinajstić information content (AvgIpc) is 2.57. The molecule has 7 heteroatoms. The molecular formula is C22H28O7. The zero-order chi connectivity index (χ0) is 21.7. The van der Waals surface area contributed by atoms with Crippen LogP contribution in [0.5, 0.6) is 17.2 Å². The fourth-order valence-electron chi connectivity index (χ4n) is 3.95. The molecule has 0 aromatic heterocycles. The van der Waals surface area contributed by atoms with Gasteiger partial charge in [-0.05, 0) is 46.3 Å². The number of aliphatic hydroxyl groups excluding tert-OH is 1. The zero-order valence-corrected chi connectivity index (χ0v) is 17.4. The third kappa shape index (κ3) is 3.83. The number of carboxylic acid groups (broad SMARTS) is 1. The number of hydrogen-bond donors (Lipinski definition) is 3. The van der Waals surface area contributed by atoms with Crippen molar-refractivity contribution in [3.63, 3.8) is 0 Å². The van der Waals surface area contributed by atoms with Crippen LogP contribution in [0.15, 0.2) is 6.08 Å². The summed E-state index contributed by atoms with van der Waals surface area (Å²) in [7, 11) is 0. The quantitative estimate of drug-likeness (QED) is 0.688. The van der Waals surface area contributed by atoms with Crippen molar-refractivity contribution in [1.29, 1.82) is 0 Å². The molecule has 2 heterocycles. The molecule has 29 heavy (non-hydrogen) atoms. The topological polar surface area (TPSA) is 113 Å². The number of aliphatic hydroxyl groups is 1. The Hall–Kier alpha value is -2.54. The van der Waals surface area contributed by atoms with Gasteiger partial charge in [0.15, 0.2) is 5.78 Å². The van der Waals surface area contributed by atoms with Crippen LogP contribution < -0.4 is 9.47 Å². The zero-order valence-electron chi connectivity index (χ0n) is 17.4. The molecule has 0 saturated carbocycles. The number of benzene rings is 1. The van der Waals surface area contributed by atoms with Crippen LogP contribution in [0.2, 0.25) is 0 Å². The van der Waals surface area contributed by atoms with Gasteiger partial charge in [0.2, 0.25) is 0 Å². The molecule has 1 aromatic carbocycles. The summed E-state index contributed by atoms with van der Waals surface area (Å²) in [5.41, 5.74) is 0.107. The fraction of sp³-hybridized carbons (Fsp3) is 0.545. The van der Waals surface area contributed by atoms with Gasteiger partial charge in [-0.2, -0.15) is 0 Å². The SMILES string of the molecule is CC(O)CC(CC(=O)O)c1c2c(c(O)c3c1OC(C)C(C)C3=O)C=CC(C)(C)O2. The highest BCUT2D eigenvalue weighted by molar-refractivity contribution is 6.06. The Balaban J connectivity index is 2.35. The first-order chi connectivity index (χ1) is 13.4. The molecule has 7 nitrogen and oxygen atoms in total. The molecule has 0 spiro atoms. The summed E-state index contributed by atoms with van der Waals surface area (Å²) in [6.07, 6.45) is 2.10. The van der Waals surface area contributed by atoms with Gasteiger partial charge in [0.05, 0.1) is 24.0 Å². The Kier molecular flexibility index (Phi) is 5.38. The largest absolute Gasteiger partial charge is 0.506 e. The number of Topliss-reactive ketones (excluding diaryl/α,β-unsaturated/α-hetero) is 1. The number of carbonyl (C=O) groups is 2. The summed E-state index contributed by atoms with van der Waals surface area (Å²) < 4.78 is 12.2. The van der Waals surface area contributed by atoms with Crippen molar-refractivity contribution in [3.05, 3.63) is 22.8 Å². The van der Waals surface area contributed by atoms with Gasteiger partial charge in [-0.1, -0.05) is 6.92 Å². The molecule has 2 aliphatic heterocycles. The predicted octanol–water partition coefficient (Wildman–Crippen LogP) is 3.51. The minimum Gasteiger partial charge on any atom is -0.506 e. The van der Waals surface area contributed by atoms with Crippen molar-refractivity contribution in [2.45, 2.75) is 71.2 Å². The minimum absolute atomic E-state index is 0.0540. The summed E-state index contributed by atoms with van der Waals surface area (Å²) >= 11 is 0. The van der Waals surface area contributed by atoms with E-state index in [1.165, 1.54) is 0 Å². The maximum Gasteiger partial charge on any atom is 0.303 e. The Morgan fingerprint density at radius 2 is 1.93 bits per heavy atom. The number of carboxylic acids is 1. The van der Waals surface area contributed by atoms with E-state index in [0.717, 1.165) is 0 Å². The van der Waals surface area contributed by atoms with Gasteiger partial charge >= 0.3 is 5.97 Å². The summed E-state index contributed by atoms with van der Waals surface area (Å²) in [4.78, 5) is 24.6. The van der Waals surface area contributed by atoms with Crippen LogP contribution in [0.4, 0.5) is 0 Å². The number of rotatable bonds is 5. The Labute approximate surface area is 170 Å². The smallest absolute Gasteiger partial charge is 0.303 e. The molecule has 158 valence electrons. The number of hydrogen-bond acceptors (Lipinski definition) is 6. The Morgan fingerprint density at radius 1 is 1.28 bits per heavy atom. The number of phenols is 1. The monoisotopic (exact) mass is 404 g/mol. The molecule has 2 aliphatic rings. The fourth-order valence-corrected chi connectivity index (χ4v) is 3.95. The van der Waals surface area contributed by atoms with Crippen LogP contribution in [-0.4, -0.2) is 44.9 Å². The van der Waals surface area contributed by atoms with E-state index < -0.39 is 35.6 Å². The summed E-state index contributed by atoms with van der Waals surface area (Å²) in [5.74, 6) is -2.18. The number of aliphatic carboxylic acids is 1. The second kappa shape index (κ2) is 7.37. The number of carbonyl (C=O) groups excluding carboxylic acids is 1. The number of phenolic OH excluding ortho intramolecular Hbond substituents is 1. The average molecular weight is 404 g/mol. The van der Waals surface area contributed by atoms with E-state index in [9.17, 15) is 24.9 Å². The van der Waals surface area contributed by atoms with Gasteiger partial charge in [0, 0.05) is 11.5 Å². The summed E-state index contributed by atoms with van der Waals surface area (Å²) in [6.45, 7) is 8.75. The normalized spacial score (nSPS) is 24.0. The standard InChI is InChI=1S/C22H28O7/c1-10(23)8-13(9-15(24)25)16-20-14(6-7-22(4,5)29-20)19(27)17-18(26)11(2)12(3)28-21(16)17/h6-7,10-13,23,27H,8-9H2,1-5H3,(H,24,25). The first-order valence-electron chi connectivity index (χ1n) is 9.84. The molecular weight excluding hydrogens is 376 g/mol. The number of ketones is 1. The molecule has 4 atom stereocenters. The number of fused-ring (bicyclic) bond motifs is 2. The van der Waals surface area contributed by atoms with Crippen molar-refractivity contribution >= 4 is 17.8 Å². The lowest BCUT2D eigenvalue weighted by atomic mass is 9.81. The third-order valence-corrected chi connectivity index (χ3v) is 5.59. The van der Waals surface area contributed by atoms with E-state index in [0.29, 0.717) is 16.9 Å². The van der Waals surface area contributed by atoms with E-state index in [2.05, 4.69) is 0 Å². The van der Waals surface area contributed by atoms with Crippen LogP contribution in [0.25, 0.3) is 6.08 Å². The highest BCUT2D eigenvalue weighted by atomic mass is 16.5. The second-order valence-electron chi connectivity index (χ2n) is 8.60. The predicted molar refractivity (Wildman–Crippen MR) is 107 cm³/mol. The lowest BCUT2D eigenvalue weighted by Gasteiger charge is -2.37. The van der Waals surface area contributed by atoms with E-state index in [-0.39, 0.29) is 35.7 Å². The van der Waals surface area contributed by atoms with Crippen LogP contribution in [-0.2, 0) is 4.79 Å². The van der Waals surface area contributed by atoms with Gasteiger partial charge in [0.25, 0.3) is 0 Å². The maximum absolute atomic E-state index is 13.0. The first kappa shape index (κ1) is 21.2. The summed E-state index contributed by atoms with van der Waals surface area (Å²) in [6, 6.07) is 0. The van der Waals surface area contributed by atoms with Crippen LogP contribution in [0, 0.1) is 5.92 Å². The molecule has 0 bridgehead atoms. The van der Waals surface area contributed by atoms with Crippen molar-refractivity contribution in [1.82, 2.24) is 0 Å². The molecule has 0 amide bonds. The van der Waals surface area contributed by atoms with Gasteiger partial charge in [-0.25, -0.2) is 0 Å². The number of ether oxygens (including phenoxy) is 2. The van der Waals surface area contributed by atoms with E-state index in [1.807, 2.05) is 13.8 Å². The highest BCUT2D eigenvalue weighted by Crippen LogP contribution is 2.53. The van der Waals surface area contributed by atoms with Crippen LogP contribution in [0.3, 0.4) is 0 Å². The summed E-state index contributed by atoms with van der Waals surface area (Å²) in [5, 5.41) is 30.4. The minimum atomic E-state index is -1.04. The molecule has 0 radical (unpaired) electrons. The van der Waals surface area contributed by atoms with Gasteiger partial charge in [0.1, 0.15) is 34.5 Å². The lowest BCUT2D eigenvalue weighted by molar-refractivity contribution is -0.137. The van der Waals surface area contributed by atoms with Crippen molar-refractivity contribution < 1.29 is 34.4 Å². The number of aromatic hydroxyl groups is 1. The molecule has 4 unspecified atom stereocenters. The lowest BCUT2D eigenvalue weighted by Crippen LogP contribution is -2.36. The first-order valence-corrected chi connectivity index (χ1v) is 9.84. The Bertz CT molecular complexity index is 882. The van der Waals surface area contributed by atoms with Crippen molar-refractivity contribution in [2.24, 2.45) is 5.92 Å². The molecule has 3 N–H and O–H groups in total. The second-order valence-corrected chi connectivity index (χ2v) is 8.60. The van der Waals surface area contributed by atoms with Gasteiger partial charge < -0.3 is 24.8 Å². The van der Waals surface area contributed by atoms with Crippen LogP contribution in [0.1, 0.15) is 74.9 Å². The molecule has 3 rings (SSSR count). The highest BCUT2D eigenvalue weighted by Gasteiger charge is 2.42. The molecule has 0 fully saturated rings. The van der Waals surface area contributed by atoms with E-state index in [1.54, 1.807) is 32.9 Å². The van der Waals surface area contributed by atoms with Gasteiger partial charge in [-0.15, -0.1) is 0 Å². The Morgan fingerprint density at radius 3 is 2.52 bits per heavy atom. The molecule has 0 aliphatic carbocycles.